The molecule has 5 heteroatoms. The third-order valence-corrected chi connectivity index (χ3v) is 3.97. The van der Waals surface area contributed by atoms with Crippen LogP contribution in [0.15, 0.2) is 0 Å². The van der Waals surface area contributed by atoms with Gasteiger partial charge in [-0.3, -0.25) is 4.79 Å². The van der Waals surface area contributed by atoms with Crippen LogP contribution in [-0.4, -0.2) is 30.2 Å². The standard InChI is InChI=1S/C15H28N2O3/c1-10(2)6-13(14(18)19)9-17-15(20)16-8-12-5-4-11(3)7-12/h10-13H,4-9H2,1-3H3,(H,18,19)(H2,16,17,20). The highest BCUT2D eigenvalue weighted by atomic mass is 16.4. The average molecular weight is 284 g/mol. The van der Waals surface area contributed by atoms with Crippen molar-refractivity contribution < 1.29 is 14.7 Å². The summed E-state index contributed by atoms with van der Waals surface area (Å²) in [6.07, 6.45) is 4.16. The molecule has 0 heterocycles. The largest absolute Gasteiger partial charge is 0.481 e. The summed E-state index contributed by atoms with van der Waals surface area (Å²) in [5.74, 6) is 0.283. The Morgan fingerprint density at radius 2 is 1.95 bits per heavy atom. The van der Waals surface area contributed by atoms with Gasteiger partial charge in [0.05, 0.1) is 5.92 Å². The lowest BCUT2D eigenvalue weighted by molar-refractivity contribution is -0.142. The Hall–Kier alpha value is -1.26. The minimum absolute atomic E-state index is 0.195. The van der Waals surface area contributed by atoms with Crippen molar-refractivity contribution in [1.82, 2.24) is 10.6 Å². The molecule has 0 saturated heterocycles. The van der Waals surface area contributed by atoms with E-state index in [1.54, 1.807) is 0 Å². The van der Waals surface area contributed by atoms with Gasteiger partial charge in [-0.05, 0) is 37.0 Å². The molecule has 1 aliphatic carbocycles. The summed E-state index contributed by atoms with van der Waals surface area (Å²) in [7, 11) is 0. The first-order valence-electron chi connectivity index (χ1n) is 7.63. The van der Waals surface area contributed by atoms with Crippen molar-refractivity contribution >= 4 is 12.0 Å². The second-order valence-corrected chi connectivity index (χ2v) is 6.54. The summed E-state index contributed by atoms with van der Waals surface area (Å²) in [4.78, 5) is 22.8. The molecule has 0 aromatic carbocycles. The summed E-state index contributed by atoms with van der Waals surface area (Å²) in [6.45, 7) is 7.09. The van der Waals surface area contributed by atoms with Gasteiger partial charge in [0.25, 0.3) is 0 Å². The van der Waals surface area contributed by atoms with Gasteiger partial charge in [0.15, 0.2) is 0 Å². The van der Waals surface area contributed by atoms with E-state index in [0.29, 0.717) is 24.8 Å². The molecule has 1 saturated carbocycles. The van der Waals surface area contributed by atoms with Gasteiger partial charge in [-0.15, -0.1) is 0 Å². The highest BCUT2D eigenvalue weighted by Crippen LogP contribution is 2.29. The van der Waals surface area contributed by atoms with Gasteiger partial charge in [0.1, 0.15) is 0 Å². The highest BCUT2D eigenvalue weighted by Gasteiger charge is 2.22. The molecule has 3 atom stereocenters. The summed E-state index contributed by atoms with van der Waals surface area (Å²) in [5, 5.41) is 14.6. The second kappa shape index (κ2) is 8.12. The maximum Gasteiger partial charge on any atom is 0.314 e. The molecule has 20 heavy (non-hydrogen) atoms. The van der Waals surface area contributed by atoms with Crippen LogP contribution >= 0.6 is 0 Å². The van der Waals surface area contributed by atoms with Gasteiger partial charge in [-0.2, -0.15) is 0 Å². The summed E-state index contributed by atoms with van der Waals surface area (Å²) < 4.78 is 0. The lowest BCUT2D eigenvalue weighted by Crippen LogP contribution is -2.41. The predicted molar refractivity (Wildman–Crippen MR) is 78.5 cm³/mol. The van der Waals surface area contributed by atoms with Crippen LogP contribution in [-0.2, 0) is 4.79 Å². The number of aliphatic carboxylic acids is 1. The zero-order chi connectivity index (χ0) is 15.1. The molecule has 0 bridgehead atoms. The molecular weight excluding hydrogens is 256 g/mol. The van der Waals surface area contributed by atoms with Crippen LogP contribution in [0.5, 0.6) is 0 Å². The molecule has 2 amide bonds. The predicted octanol–water partition coefficient (Wildman–Crippen LogP) is 2.47. The van der Waals surface area contributed by atoms with Crippen molar-refractivity contribution in [1.29, 1.82) is 0 Å². The van der Waals surface area contributed by atoms with Gasteiger partial charge in [-0.1, -0.05) is 27.2 Å². The van der Waals surface area contributed by atoms with E-state index in [2.05, 4.69) is 17.6 Å². The number of hydrogen-bond acceptors (Lipinski definition) is 2. The molecule has 0 aromatic heterocycles. The molecule has 1 rings (SSSR count). The zero-order valence-corrected chi connectivity index (χ0v) is 12.8. The first-order chi connectivity index (χ1) is 9.38. The van der Waals surface area contributed by atoms with Crippen molar-refractivity contribution in [2.24, 2.45) is 23.7 Å². The fraction of sp³-hybridized carbons (Fsp3) is 0.867. The van der Waals surface area contributed by atoms with Crippen LogP contribution in [0.2, 0.25) is 0 Å². The Balaban J connectivity index is 2.22. The Morgan fingerprint density at radius 3 is 2.45 bits per heavy atom. The van der Waals surface area contributed by atoms with E-state index in [-0.39, 0.29) is 12.6 Å². The van der Waals surface area contributed by atoms with Crippen molar-refractivity contribution in [3.05, 3.63) is 0 Å². The lowest BCUT2D eigenvalue weighted by Gasteiger charge is -2.16. The molecule has 3 unspecified atom stereocenters. The minimum atomic E-state index is -0.844. The Kier molecular flexibility index (Phi) is 6.82. The van der Waals surface area contributed by atoms with Crippen LogP contribution < -0.4 is 10.6 Å². The molecule has 0 aliphatic heterocycles. The molecule has 1 fully saturated rings. The van der Waals surface area contributed by atoms with Gasteiger partial charge >= 0.3 is 12.0 Å². The van der Waals surface area contributed by atoms with E-state index in [0.717, 1.165) is 5.92 Å². The summed E-state index contributed by atoms with van der Waals surface area (Å²) >= 11 is 0. The summed E-state index contributed by atoms with van der Waals surface area (Å²) in [6, 6.07) is -0.250. The maximum atomic E-state index is 11.7. The van der Waals surface area contributed by atoms with Gasteiger partial charge in [-0.25, -0.2) is 4.79 Å². The maximum absolute atomic E-state index is 11.7. The number of urea groups is 1. The molecule has 5 nitrogen and oxygen atoms in total. The SMILES string of the molecule is CC(C)CC(CNC(=O)NCC1CCC(C)C1)C(=O)O. The number of hydrogen-bond donors (Lipinski definition) is 3. The Morgan fingerprint density at radius 1 is 1.25 bits per heavy atom. The molecular formula is C15H28N2O3. The average Bonchev–Trinajstić information content (AvgIpc) is 2.77. The van der Waals surface area contributed by atoms with Gasteiger partial charge < -0.3 is 15.7 Å². The Labute approximate surface area is 121 Å². The number of carbonyl (C=O) groups excluding carboxylic acids is 1. The molecule has 3 N–H and O–H groups in total. The van der Waals surface area contributed by atoms with Crippen molar-refractivity contribution in [2.75, 3.05) is 13.1 Å². The zero-order valence-electron chi connectivity index (χ0n) is 12.8. The highest BCUT2D eigenvalue weighted by molar-refractivity contribution is 5.75. The van der Waals surface area contributed by atoms with Crippen molar-refractivity contribution in [2.45, 2.75) is 46.5 Å². The van der Waals surface area contributed by atoms with Crippen LogP contribution in [0.3, 0.4) is 0 Å². The quantitative estimate of drug-likeness (QED) is 0.672. The van der Waals surface area contributed by atoms with Crippen LogP contribution in [0.4, 0.5) is 4.79 Å². The number of carbonyl (C=O) groups is 2. The first-order valence-corrected chi connectivity index (χ1v) is 7.63. The smallest absolute Gasteiger partial charge is 0.314 e. The fourth-order valence-corrected chi connectivity index (χ4v) is 2.87. The Bertz CT molecular complexity index is 331. The second-order valence-electron chi connectivity index (χ2n) is 6.54. The molecule has 116 valence electrons. The van der Waals surface area contributed by atoms with Crippen molar-refractivity contribution in [3.63, 3.8) is 0 Å². The third kappa shape index (κ3) is 6.26. The monoisotopic (exact) mass is 284 g/mol. The van der Waals surface area contributed by atoms with E-state index in [9.17, 15) is 9.59 Å². The van der Waals surface area contributed by atoms with Gasteiger partial charge in [0, 0.05) is 13.1 Å². The van der Waals surface area contributed by atoms with Crippen LogP contribution in [0.25, 0.3) is 0 Å². The molecule has 0 radical (unpaired) electrons. The minimum Gasteiger partial charge on any atom is -0.481 e. The number of rotatable bonds is 7. The number of carboxylic acid groups (broad SMARTS) is 1. The summed E-state index contributed by atoms with van der Waals surface area (Å²) in [5.41, 5.74) is 0. The van der Waals surface area contributed by atoms with Crippen LogP contribution in [0.1, 0.15) is 46.5 Å². The molecule has 1 aliphatic rings. The van der Waals surface area contributed by atoms with E-state index < -0.39 is 11.9 Å². The van der Waals surface area contributed by atoms with E-state index >= 15 is 0 Å². The van der Waals surface area contributed by atoms with Crippen molar-refractivity contribution in [3.8, 4) is 0 Å². The molecule has 0 spiro atoms. The van der Waals surface area contributed by atoms with Gasteiger partial charge in [0.2, 0.25) is 0 Å². The normalized spacial score (nSPS) is 23.6. The topological polar surface area (TPSA) is 78.4 Å². The van der Waals surface area contributed by atoms with E-state index in [4.69, 9.17) is 5.11 Å². The lowest BCUT2D eigenvalue weighted by atomic mass is 9.97. The third-order valence-electron chi connectivity index (χ3n) is 3.97. The first kappa shape index (κ1) is 16.8. The van der Waals surface area contributed by atoms with Crippen LogP contribution in [0, 0.1) is 23.7 Å². The fourth-order valence-electron chi connectivity index (χ4n) is 2.87. The van der Waals surface area contributed by atoms with E-state index in [1.807, 2.05) is 13.8 Å². The van der Waals surface area contributed by atoms with E-state index in [1.165, 1.54) is 19.3 Å². The number of amides is 2. The molecule has 0 aromatic rings. The number of nitrogens with one attached hydrogen (secondary N) is 2. The number of carboxylic acids is 1.